The quantitative estimate of drug-likeness (QED) is 0.725. The molecule has 1 aliphatic heterocycles. The second-order valence-corrected chi connectivity index (χ2v) is 6.65. The summed E-state index contributed by atoms with van der Waals surface area (Å²) < 4.78 is 1.73. The van der Waals surface area contributed by atoms with E-state index in [9.17, 15) is 4.79 Å². The van der Waals surface area contributed by atoms with Crippen LogP contribution in [-0.2, 0) is 7.05 Å². The zero-order chi connectivity index (χ0) is 18.3. The molecule has 1 unspecified atom stereocenters. The van der Waals surface area contributed by atoms with Gasteiger partial charge in [0.1, 0.15) is 5.69 Å². The van der Waals surface area contributed by atoms with Gasteiger partial charge in [-0.2, -0.15) is 10.4 Å². The Labute approximate surface area is 150 Å². The van der Waals surface area contributed by atoms with E-state index in [4.69, 9.17) is 5.26 Å². The SMILES string of the molecule is CN(C(=O)c1cc2cc(-c3cnn(C)c3)ncc2[nH]1)C1CCN(C#N)C1. The predicted octanol–water partition coefficient (Wildman–Crippen LogP) is 1.59. The van der Waals surface area contributed by atoms with Gasteiger partial charge in [0.05, 0.1) is 29.6 Å². The van der Waals surface area contributed by atoms with Crippen molar-refractivity contribution in [1.82, 2.24) is 29.5 Å². The van der Waals surface area contributed by atoms with Crippen LogP contribution in [0.2, 0.25) is 0 Å². The highest BCUT2D eigenvalue weighted by molar-refractivity contribution is 5.98. The summed E-state index contributed by atoms with van der Waals surface area (Å²) in [6.07, 6.45) is 8.36. The molecule has 1 amide bonds. The van der Waals surface area contributed by atoms with Crippen LogP contribution in [0.15, 0.2) is 30.7 Å². The number of carbonyl (C=O) groups excluding carboxylic acids is 1. The first-order chi connectivity index (χ1) is 12.5. The molecule has 8 nitrogen and oxygen atoms in total. The lowest BCUT2D eigenvalue weighted by Gasteiger charge is -2.23. The molecule has 0 spiro atoms. The molecule has 3 aromatic heterocycles. The number of hydrogen-bond acceptors (Lipinski definition) is 5. The highest BCUT2D eigenvalue weighted by atomic mass is 16.2. The number of aromatic amines is 1. The minimum Gasteiger partial charge on any atom is -0.349 e. The number of H-pyrrole nitrogens is 1. The zero-order valence-corrected chi connectivity index (χ0v) is 14.7. The van der Waals surface area contributed by atoms with E-state index in [0.29, 0.717) is 18.8 Å². The smallest absolute Gasteiger partial charge is 0.270 e. The molecule has 0 saturated carbocycles. The normalized spacial score (nSPS) is 16.8. The molecule has 4 rings (SSSR count). The molecule has 1 fully saturated rings. The maximum Gasteiger partial charge on any atom is 0.270 e. The highest BCUT2D eigenvalue weighted by Gasteiger charge is 2.29. The lowest BCUT2D eigenvalue weighted by Crippen LogP contribution is -2.38. The Morgan fingerprint density at radius 2 is 2.27 bits per heavy atom. The number of likely N-dealkylation sites (N-methyl/N-ethyl adjacent to an activating group) is 1. The number of likely N-dealkylation sites (tertiary alicyclic amines) is 1. The van der Waals surface area contributed by atoms with Gasteiger partial charge in [-0.3, -0.25) is 14.5 Å². The summed E-state index contributed by atoms with van der Waals surface area (Å²) in [5.41, 5.74) is 3.10. The van der Waals surface area contributed by atoms with Crippen LogP contribution in [0.1, 0.15) is 16.9 Å². The molecule has 3 aromatic rings. The van der Waals surface area contributed by atoms with E-state index in [1.54, 1.807) is 33.9 Å². The van der Waals surface area contributed by atoms with Crippen molar-refractivity contribution in [2.24, 2.45) is 7.05 Å². The zero-order valence-electron chi connectivity index (χ0n) is 14.7. The Balaban J connectivity index is 1.59. The van der Waals surface area contributed by atoms with E-state index < -0.39 is 0 Å². The fourth-order valence-corrected chi connectivity index (χ4v) is 3.36. The van der Waals surface area contributed by atoms with Gasteiger partial charge >= 0.3 is 0 Å². The van der Waals surface area contributed by atoms with Crippen LogP contribution in [-0.4, -0.2) is 61.6 Å². The second kappa shape index (κ2) is 6.19. The van der Waals surface area contributed by atoms with Crippen molar-refractivity contribution in [2.45, 2.75) is 12.5 Å². The van der Waals surface area contributed by atoms with Crippen molar-refractivity contribution in [3.8, 4) is 17.5 Å². The third-order valence-electron chi connectivity index (χ3n) is 4.91. The summed E-state index contributed by atoms with van der Waals surface area (Å²) in [5, 5.41) is 14.1. The molecule has 1 aliphatic rings. The van der Waals surface area contributed by atoms with Gasteiger partial charge in [0.15, 0.2) is 6.19 Å². The molecule has 132 valence electrons. The molecular weight excluding hydrogens is 330 g/mol. The maximum absolute atomic E-state index is 12.8. The highest BCUT2D eigenvalue weighted by Crippen LogP contribution is 2.23. The summed E-state index contributed by atoms with van der Waals surface area (Å²) >= 11 is 0. The molecular formula is C18H19N7O. The average Bonchev–Trinajstić information content (AvgIpc) is 3.38. The molecule has 0 aromatic carbocycles. The van der Waals surface area contributed by atoms with Gasteiger partial charge in [0.2, 0.25) is 0 Å². The van der Waals surface area contributed by atoms with Crippen LogP contribution in [0.4, 0.5) is 0 Å². The Morgan fingerprint density at radius 3 is 2.96 bits per heavy atom. The first-order valence-electron chi connectivity index (χ1n) is 8.45. The predicted molar refractivity (Wildman–Crippen MR) is 96.0 cm³/mol. The summed E-state index contributed by atoms with van der Waals surface area (Å²) in [6.45, 7) is 1.29. The van der Waals surface area contributed by atoms with Crippen LogP contribution in [0, 0.1) is 11.5 Å². The molecule has 0 bridgehead atoms. The van der Waals surface area contributed by atoms with Gasteiger partial charge < -0.3 is 14.8 Å². The van der Waals surface area contributed by atoms with E-state index in [2.05, 4.69) is 21.3 Å². The largest absolute Gasteiger partial charge is 0.349 e. The van der Waals surface area contributed by atoms with Gasteiger partial charge in [-0.25, -0.2) is 0 Å². The summed E-state index contributed by atoms with van der Waals surface area (Å²) in [7, 11) is 3.65. The minimum atomic E-state index is -0.0751. The molecule has 0 radical (unpaired) electrons. The van der Waals surface area contributed by atoms with E-state index in [0.717, 1.165) is 28.6 Å². The number of nitrogens with zero attached hydrogens (tertiary/aromatic N) is 6. The second-order valence-electron chi connectivity index (χ2n) is 6.65. The van der Waals surface area contributed by atoms with E-state index >= 15 is 0 Å². The summed E-state index contributed by atoms with van der Waals surface area (Å²) in [5.74, 6) is -0.0751. The van der Waals surface area contributed by atoms with Gasteiger partial charge in [-0.15, -0.1) is 0 Å². The molecule has 1 atom stereocenters. The number of rotatable bonds is 3. The minimum absolute atomic E-state index is 0.0534. The Bertz CT molecular complexity index is 1010. The van der Waals surface area contributed by atoms with E-state index in [1.807, 2.05) is 25.4 Å². The Morgan fingerprint density at radius 1 is 1.42 bits per heavy atom. The van der Waals surface area contributed by atoms with Crippen molar-refractivity contribution < 1.29 is 4.79 Å². The van der Waals surface area contributed by atoms with Crippen LogP contribution >= 0.6 is 0 Å². The average molecular weight is 349 g/mol. The third-order valence-corrected chi connectivity index (χ3v) is 4.91. The number of amides is 1. The third kappa shape index (κ3) is 2.77. The molecule has 1 saturated heterocycles. The van der Waals surface area contributed by atoms with E-state index in [-0.39, 0.29) is 11.9 Å². The molecule has 0 aliphatic carbocycles. The number of aryl methyl sites for hydroxylation is 1. The van der Waals surface area contributed by atoms with Crippen LogP contribution < -0.4 is 0 Å². The number of nitriles is 1. The van der Waals surface area contributed by atoms with Crippen molar-refractivity contribution >= 4 is 16.8 Å². The number of aromatic nitrogens is 4. The monoisotopic (exact) mass is 349 g/mol. The van der Waals surface area contributed by atoms with Crippen molar-refractivity contribution in [1.29, 1.82) is 5.26 Å². The lowest BCUT2D eigenvalue weighted by molar-refractivity contribution is 0.0734. The number of hydrogen-bond donors (Lipinski definition) is 1. The maximum atomic E-state index is 12.8. The van der Waals surface area contributed by atoms with Crippen LogP contribution in [0.25, 0.3) is 22.2 Å². The number of fused-ring (bicyclic) bond motifs is 1. The standard InChI is InChI=1S/C18H19N7O/c1-23-9-13(7-21-23)15-5-12-6-16(22-17(12)8-20-15)18(26)24(2)14-3-4-25(10-14)11-19/h5-9,14,22H,3-4,10H2,1-2H3. The van der Waals surface area contributed by atoms with Crippen molar-refractivity contribution in [3.05, 3.63) is 36.4 Å². The van der Waals surface area contributed by atoms with Gasteiger partial charge in [0.25, 0.3) is 5.91 Å². The number of nitrogens with one attached hydrogen (secondary N) is 1. The molecule has 26 heavy (non-hydrogen) atoms. The van der Waals surface area contributed by atoms with E-state index in [1.165, 1.54) is 0 Å². The molecule has 1 N–H and O–H groups in total. The van der Waals surface area contributed by atoms with Gasteiger partial charge in [-0.1, -0.05) is 0 Å². The lowest BCUT2D eigenvalue weighted by atomic mass is 10.2. The summed E-state index contributed by atoms with van der Waals surface area (Å²) in [4.78, 5) is 23.8. The first kappa shape index (κ1) is 16.1. The fraction of sp³-hybridized carbons (Fsp3) is 0.333. The van der Waals surface area contributed by atoms with Crippen LogP contribution in [0.5, 0.6) is 0 Å². The topological polar surface area (TPSA) is 93.8 Å². The summed E-state index contributed by atoms with van der Waals surface area (Å²) in [6, 6.07) is 3.86. The van der Waals surface area contributed by atoms with Crippen molar-refractivity contribution in [2.75, 3.05) is 20.1 Å². The van der Waals surface area contributed by atoms with Crippen LogP contribution in [0.3, 0.4) is 0 Å². The Kier molecular flexibility index (Phi) is 3.84. The van der Waals surface area contributed by atoms with Gasteiger partial charge in [-0.05, 0) is 18.6 Å². The molecule has 8 heteroatoms. The first-order valence-corrected chi connectivity index (χ1v) is 8.45. The Hall–Kier alpha value is -3.34. The van der Waals surface area contributed by atoms with Crippen molar-refractivity contribution in [3.63, 3.8) is 0 Å². The number of carbonyl (C=O) groups is 1. The number of pyridine rings is 1. The van der Waals surface area contributed by atoms with Gasteiger partial charge in [0, 0.05) is 44.3 Å². The fourth-order valence-electron chi connectivity index (χ4n) is 3.36. The molecule has 4 heterocycles.